The number of rotatable bonds is 4. The molecule has 0 fully saturated rings. The summed E-state index contributed by atoms with van der Waals surface area (Å²) in [7, 11) is 0. The molecule has 35 heavy (non-hydrogen) atoms. The SMILES string of the molecule is CC(C)c1cccc(C(C)C)c1N1Cc2cccc(-n3c4ccccc4c4ccccc43)c2C1=O. The van der Waals surface area contributed by atoms with Gasteiger partial charge < -0.3 is 9.47 Å². The summed E-state index contributed by atoms with van der Waals surface area (Å²) in [6.45, 7) is 9.43. The predicted molar refractivity (Wildman–Crippen MR) is 146 cm³/mol. The van der Waals surface area contributed by atoms with Crippen LogP contribution in [-0.4, -0.2) is 10.5 Å². The molecule has 1 aliphatic heterocycles. The zero-order valence-electron chi connectivity index (χ0n) is 20.7. The fourth-order valence-corrected chi connectivity index (χ4v) is 5.71. The van der Waals surface area contributed by atoms with Gasteiger partial charge in [-0.15, -0.1) is 0 Å². The molecule has 0 N–H and O–H groups in total. The number of carbonyl (C=O) groups excluding carboxylic acids is 1. The summed E-state index contributed by atoms with van der Waals surface area (Å²) in [4.78, 5) is 16.3. The molecule has 0 aliphatic carbocycles. The summed E-state index contributed by atoms with van der Waals surface area (Å²) in [6, 6.07) is 29.7. The number of benzene rings is 4. The van der Waals surface area contributed by atoms with Crippen molar-refractivity contribution in [2.45, 2.75) is 46.1 Å². The van der Waals surface area contributed by atoms with Crippen LogP contribution < -0.4 is 4.90 Å². The van der Waals surface area contributed by atoms with Crippen LogP contribution in [0.3, 0.4) is 0 Å². The van der Waals surface area contributed by atoms with Gasteiger partial charge in [0.2, 0.25) is 0 Å². The number of amides is 1. The quantitative estimate of drug-likeness (QED) is 0.266. The van der Waals surface area contributed by atoms with Crippen molar-refractivity contribution in [3.8, 4) is 5.69 Å². The van der Waals surface area contributed by atoms with E-state index >= 15 is 0 Å². The summed E-state index contributed by atoms with van der Waals surface area (Å²) in [6.07, 6.45) is 0. The van der Waals surface area contributed by atoms with Crippen molar-refractivity contribution in [3.63, 3.8) is 0 Å². The number of hydrogen-bond acceptors (Lipinski definition) is 1. The lowest BCUT2D eigenvalue weighted by molar-refractivity contribution is 0.0996. The van der Waals surface area contributed by atoms with Crippen molar-refractivity contribution >= 4 is 33.4 Å². The van der Waals surface area contributed by atoms with Gasteiger partial charge in [0.05, 0.1) is 34.5 Å². The van der Waals surface area contributed by atoms with E-state index in [0.29, 0.717) is 18.4 Å². The van der Waals surface area contributed by atoms with Gasteiger partial charge in [-0.3, -0.25) is 4.79 Å². The number of anilines is 1. The van der Waals surface area contributed by atoms with Gasteiger partial charge in [0.25, 0.3) is 5.91 Å². The Balaban J connectivity index is 1.59. The average Bonchev–Trinajstić information content (AvgIpc) is 3.38. The summed E-state index contributed by atoms with van der Waals surface area (Å²) < 4.78 is 2.27. The van der Waals surface area contributed by atoms with Gasteiger partial charge in [-0.2, -0.15) is 0 Å². The second-order valence-electron chi connectivity index (χ2n) is 10.2. The lowest BCUT2D eigenvalue weighted by Crippen LogP contribution is -2.26. The van der Waals surface area contributed by atoms with Crippen molar-refractivity contribution in [1.29, 1.82) is 0 Å². The van der Waals surface area contributed by atoms with Gasteiger partial charge in [-0.05, 0) is 46.7 Å². The molecule has 1 aliphatic rings. The maximum Gasteiger partial charge on any atom is 0.261 e. The molecule has 0 saturated heterocycles. The summed E-state index contributed by atoms with van der Waals surface area (Å²) in [5, 5.41) is 2.41. The molecule has 174 valence electrons. The Morgan fingerprint density at radius 2 is 1.20 bits per heavy atom. The maximum absolute atomic E-state index is 14.2. The number of aromatic nitrogens is 1. The second kappa shape index (κ2) is 8.13. The van der Waals surface area contributed by atoms with Crippen LogP contribution in [0.15, 0.2) is 84.9 Å². The molecule has 5 aromatic rings. The lowest BCUT2D eigenvalue weighted by Gasteiger charge is -2.26. The van der Waals surface area contributed by atoms with E-state index in [1.54, 1.807) is 0 Å². The van der Waals surface area contributed by atoms with E-state index < -0.39 is 0 Å². The third kappa shape index (κ3) is 3.22. The molecule has 0 bridgehead atoms. The zero-order valence-corrected chi connectivity index (χ0v) is 20.7. The number of carbonyl (C=O) groups is 1. The van der Waals surface area contributed by atoms with Crippen LogP contribution in [0.5, 0.6) is 0 Å². The molecule has 3 nitrogen and oxygen atoms in total. The minimum Gasteiger partial charge on any atom is -0.308 e. The monoisotopic (exact) mass is 458 g/mol. The number of para-hydroxylation sites is 3. The van der Waals surface area contributed by atoms with Gasteiger partial charge in [-0.25, -0.2) is 0 Å². The lowest BCUT2D eigenvalue weighted by atomic mass is 9.92. The molecular weight excluding hydrogens is 428 g/mol. The Morgan fingerprint density at radius 3 is 1.77 bits per heavy atom. The summed E-state index contributed by atoms with van der Waals surface area (Å²) in [5.41, 5.74) is 8.66. The molecule has 0 unspecified atom stereocenters. The Labute approximate surface area is 206 Å². The van der Waals surface area contributed by atoms with E-state index in [1.165, 1.54) is 21.9 Å². The van der Waals surface area contributed by atoms with Crippen molar-refractivity contribution in [1.82, 2.24) is 4.57 Å². The molecule has 1 aromatic heterocycles. The number of fused-ring (bicyclic) bond motifs is 4. The minimum absolute atomic E-state index is 0.0902. The van der Waals surface area contributed by atoms with Crippen LogP contribution in [0.25, 0.3) is 27.5 Å². The first kappa shape index (κ1) is 21.7. The highest BCUT2D eigenvalue weighted by molar-refractivity contribution is 6.15. The number of nitrogens with zero attached hydrogens (tertiary/aromatic N) is 2. The first-order valence-corrected chi connectivity index (χ1v) is 12.5. The number of hydrogen-bond donors (Lipinski definition) is 0. The highest BCUT2D eigenvalue weighted by Crippen LogP contribution is 2.42. The van der Waals surface area contributed by atoms with E-state index in [1.807, 2.05) is 4.90 Å². The van der Waals surface area contributed by atoms with Crippen LogP contribution in [0.4, 0.5) is 5.69 Å². The Bertz CT molecular complexity index is 1530. The fourth-order valence-electron chi connectivity index (χ4n) is 5.71. The molecule has 0 atom stereocenters. The largest absolute Gasteiger partial charge is 0.308 e. The molecule has 1 amide bonds. The Morgan fingerprint density at radius 1 is 0.657 bits per heavy atom. The highest BCUT2D eigenvalue weighted by atomic mass is 16.2. The maximum atomic E-state index is 14.2. The first-order valence-electron chi connectivity index (χ1n) is 12.5. The van der Waals surface area contributed by atoms with Gasteiger partial charge >= 0.3 is 0 Å². The molecule has 6 rings (SSSR count). The fraction of sp³-hybridized carbons (Fsp3) is 0.219. The second-order valence-corrected chi connectivity index (χ2v) is 10.2. The molecule has 3 heteroatoms. The summed E-state index contributed by atoms with van der Waals surface area (Å²) in [5.74, 6) is 0.751. The third-order valence-corrected chi connectivity index (χ3v) is 7.35. The topological polar surface area (TPSA) is 25.2 Å². The van der Waals surface area contributed by atoms with Gasteiger partial charge in [0, 0.05) is 10.8 Å². The smallest absolute Gasteiger partial charge is 0.261 e. The average molecular weight is 459 g/mol. The van der Waals surface area contributed by atoms with E-state index in [-0.39, 0.29) is 5.91 Å². The Kier molecular flexibility index (Phi) is 5.03. The van der Waals surface area contributed by atoms with Crippen LogP contribution >= 0.6 is 0 Å². The molecule has 0 saturated carbocycles. The summed E-state index contributed by atoms with van der Waals surface area (Å²) >= 11 is 0. The van der Waals surface area contributed by atoms with Crippen molar-refractivity contribution in [2.75, 3.05) is 4.90 Å². The van der Waals surface area contributed by atoms with Gasteiger partial charge in [0.15, 0.2) is 0 Å². The van der Waals surface area contributed by atoms with Crippen LogP contribution in [-0.2, 0) is 6.54 Å². The molecule has 2 heterocycles. The molecule has 0 radical (unpaired) electrons. The third-order valence-electron chi connectivity index (χ3n) is 7.35. The van der Waals surface area contributed by atoms with Crippen molar-refractivity contribution < 1.29 is 4.79 Å². The van der Waals surface area contributed by atoms with E-state index in [0.717, 1.165) is 33.5 Å². The molecular formula is C32H30N2O. The highest BCUT2D eigenvalue weighted by Gasteiger charge is 2.35. The van der Waals surface area contributed by atoms with Crippen molar-refractivity contribution in [2.24, 2.45) is 0 Å². The van der Waals surface area contributed by atoms with Crippen LogP contribution in [0.2, 0.25) is 0 Å². The normalized spacial score (nSPS) is 13.5. The molecule has 0 spiro atoms. The van der Waals surface area contributed by atoms with Gasteiger partial charge in [0.1, 0.15) is 0 Å². The van der Waals surface area contributed by atoms with Crippen LogP contribution in [0, 0.1) is 0 Å². The van der Waals surface area contributed by atoms with E-state index in [9.17, 15) is 4.79 Å². The zero-order chi connectivity index (χ0) is 24.3. The van der Waals surface area contributed by atoms with Crippen molar-refractivity contribution in [3.05, 3.63) is 107 Å². The van der Waals surface area contributed by atoms with E-state index in [4.69, 9.17) is 0 Å². The predicted octanol–water partition coefficient (Wildman–Crippen LogP) is 8.19. The standard InChI is InChI=1S/C32H30N2O/c1-20(2)23-14-10-15-24(21(3)4)31(23)33-19-22-11-9-18-29(30(22)32(33)35)34-27-16-7-5-12-25(27)26-13-6-8-17-28(26)34/h5-18,20-21H,19H2,1-4H3. The molecule has 4 aromatic carbocycles. The van der Waals surface area contributed by atoms with Gasteiger partial charge in [-0.1, -0.05) is 94.4 Å². The minimum atomic E-state index is 0.0902. The van der Waals surface area contributed by atoms with E-state index in [2.05, 4.69) is 117 Å². The van der Waals surface area contributed by atoms with Crippen LogP contribution in [0.1, 0.15) is 66.6 Å². The Hall–Kier alpha value is -3.85. The first-order chi connectivity index (χ1) is 17.0.